The third kappa shape index (κ3) is 24.2. The van der Waals surface area contributed by atoms with E-state index in [1.165, 1.54) is 6.92 Å². The number of hydrogen-bond donors (Lipinski definition) is 16. The Balaban J connectivity index is 6.31. The van der Waals surface area contributed by atoms with Crippen LogP contribution in [0.4, 0.5) is 0 Å². The van der Waals surface area contributed by atoms with Gasteiger partial charge in [-0.05, 0) is 83.7 Å². The molecule has 63 heavy (non-hydrogen) atoms. The van der Waals surface area contributed by atoms with E-state index in [-0.39, 0.29) is 62.9 Å². The Hall–Kier alpha value is -5.31. The summed E-state index contributed by atoms with van der Waals surface area (Å²) in [6.45, 7) is 4.55. The molecule has 0 aliphatic heterocycles. The van der Waals surface area contributed by atoms with Gasteiger partial charge in [-0.15, -0.1) is 0 Å². The number of guanidine groups is 1. The molecule has 0 saturated heterocycles. The predicted octanol–water partition coefficient (Wildman–Crippen LogP) is -6.03. The summed E-state index contributed by atoms with van der Waals surface area (Å²) in [6.07, 6.45) is 1.20. The molecular weight excluding hydrogens is 849 g/mol. The van der Waals surface area contributed by atoms with Gasteiger partial charge in [0.1, 0.15) is 42.3 Å². The van der Waals surface area contributed by atoms with Gasteiger partial charge in [-0.1, -0.05) is 13.8 Å². The highest BCUT2D eigenvalue weighted by Gasteiger charge is 2.34. The molecule has 0 aromatic carbocycles. The molecule has 0 radical (unpaired) electrons. The Bertz CT molecular complexity index is 1550. The topological polar surface area (TPSA) is 447 Å². The van der Waals surface area contributed by atoms with Crippen molar-refractivity contribution in [2.24, 2.45) is 45.3 Å². The molecule has 0 aliphatic carbocycles. The molecule has 0 aromatic heterocycles. The van der Waals surface area contributed by atoms with Gasteiger partial charge in [-0.3, -0.25) is 43.3 Å². The number of carboxylic acid groups (broad SMARTS) is 1. The third-order valence-corrected chi connectivity index (χ3v) is 9.57. The van der Waals surface area contributed by atoms with E-state index in [9.17, 15) is 53.4 Å². The number of nitrogens with zero attached hydrogens (tertiary/aromatic N) is 1. The van der Waals surface area contributed by atoms with Crippen molar-refractivity contribution < 1.29 is 53.4 Å². The summed E-state index contributed by atoms with van der Waals surface area (Å²) in [7, 11) is 0. The number of hydrogen-bond acceptors (Lipinski definition) is 15. The summed E-state index contributed by atoms with van der Waals surface area (Å²) in [5, 5.41) is 36.4. The van der Waals surface area contributed by atoms with Crippen molar-refractivity contribution in [2.75, 3.05) is 32.0 Å². The van der Waals surface area contributed by atoms with Crippen LogP contribution in [0.3, 0.4) is 0 Å². The van der Waals surface area contributed by atoms with Gasteiger partial charge < -0.3 is 81.8 Å². The molecule has 0 fully saturated rings. The minimum Gasteiger partial charge on any atom is -0.480 e. The molecule has 0 bridgehead atoms. The van der Waals surface area contributed by atoms with Crippen LogP contribution < -0.4 is 71.6 Å². The molecule has 360 valence electrons. The zero-order chi connectivity index (χ0) is 48.2. The van der Waals surface area contributed by atoms with Crippen LogP contribution in [0.25, 0.3) is 0 Å². The van der Waals surface area contributed by atoms with Crippen molar-refractivity contribution in [1.82, 2.24) is 37.2 Å². The van der Waals surface area contributed by atoms with Crippen LogP contribution in [-0.4, -0.2) is 150 Å². The molecule has 21 N–H and O–H groups in total. The van der Waals surface area contributed by atoms with E-state index < -0.39 is 115 Å². The summed E-state index contributed by atoms with van der Waals surface area (Å²) < 4.78 is 0. The number of rotatable bonds is 33. The maximum absolute atomic E-state index is 13.9. The maximum Gasteiger partial charge on any atom is 0.327 e. The maximum atomic E-state index is 13.9. The van der Waals surface area contributed by atoms with Crippen molar-refractivity contribution in [3.8, 4) is 0 Å². The monoisotopic (exact) mass is 919 g/mol. The normalized spacial score (nSPS) is 14.8. The van der Waals surface area contributed by atoms with Crippen molar-refractivity contribution in [1.29, 1.82) is 0 Å². The quantitative estimate of drug-likeness (QED) is 0.0126. The first-order chi connectivity index (χ1) is 29.6. The highest BCUT2D eigenvalue weighted by molar-refractivity contribution is 7.80. The molecule has 8 amide bonds. The lowest BCUT2D eigenvalue weighted by molar-refractivity contribution is -0.141. The fraction of sp³-hybridized carbons (Fsp3) is 0.730. The molecule has 26 heteroatoms. The number of aliphatic carboxylic acids is 1. The van der Waals surface area contributed by atoms with Crippen LogP contribution in [0.1, 0.15) is 85.0 Å². The van der Waals surface area contributed by atoms with Crippen LogP contribution >= 0.6 is 12.6 Å². The zero-order valence-electron chi connectivity index (χ0n) is 36.2. The van der Waals surface area contributed by atoms with Gasteiger partial charge >= 0.3 is 5.97 Å². The summed E-state index contributed by atoms with van der Waals surface area (Å²) in [5.74, 6) is -9.03. The van der Waals surface area contributed by atoms with E-state index in [1.807, 2.05) is 13.8 Å². The van der Waals surface area contributed by atoms with Crippen LogP contribution in [0.15, 0.2) is 4.99 Å². The predicted molar refractivity (Wildman–Crippen MR) is 235 cm³/mol. The van der Waals surface area contributed by atoms with Gasteiger partial charge in [0.15, 0.2) is 5.96 Å². The summed E-state index contributed by atoms with van der Waals surface area (Å²) in [6, 6.07) is -10.9. The molecule has 0 aromatic rings. The first-order valence-electron chi connectivity index (χ1n) is 20.7. The minimum absolute atomic E-state index is 0.0182. The first-order valence-corrected chi connectivity index (χ1v) is 21.3. The smallest absolute Gasteiger partial charge is 0.327 e. The van der Waals surface area contributed by atoms with E-state index in [4.69, 9.17) is 34.4 Å². The number of thiol groups is 1. The molecule has 0 saturated carbocycles. The second-order valence-corrected chi connectivity index (χ2v) is 15.6. The minimum atomic E-state index is -1.74. The van der Waals surface area contributed by atoms with Crippen molar-refractivity contribution in [2.45, 2.75) is 133 Å². The Labute approximate surface area is 372 Å². The van der Waals surface area contributed by atoms with E-state index in [0.717, 1.165) is 0 Å². The van der Waals surface area contributed by atoms with E-state index in [2.05, 4.69) is 54.8 Å². The number of carbonyl (C=O) groups excluding carboxylic acids is 8. The summed E-state index contributed by atoms with van der Waals surface area (Å²) in [5.41, 5.74) is 33.3. The average molecular weight is 919 g/mol. The number of nitrogens with two attached hydrogens (primary N) is 6. The van der Waals surface area contributed by atoms with E-state index in [0.29, 0.717) is 32.1 Å². The standard InChI is InChI=1S/C37H70N14O11S/c1-19(2)15-21(40)30(55)45-20(3)29(54)49-25(16-28(41)53)34(59)50-26(17-52)35(60)48-23(10-5-7-13-39)32(57)46-22(9-4-6-12-38)31(56)47-24(11-8-14-44-37(42)43)33(58)51-27(18-63)36(61)62/h19-27,52,63H,4-18,38-40H2,1-3H3,(H2,41,53)(H,45,55)(H,46,57)(H,47,56)(H,48,60)(H,49,54)(H,50,59)(H,51,58)(H,61,62)(H4,42,43,44)/t20-,21-,22-,23-,24-,25-,26-,27-/m0/s1. The second-order valence-electron chi connectivity index (χ2n) is 15.2. The fourth-order valence-electron chi connectivity index (χ4n) is 5.74. The molecule has 0 aliphatic rings. The van der Waals surface area contributed by atoms with Gasteiger partial charge in [0.2, 0.25) is 47.3 Å². The lowest BCUT2D eigenvalue weighted by Crippen LogP contribution is -2.60. The van der Waals surface area contributed by atoms with Crippen LogP contribution in [0.2, 0.25) is 0 Å². The number of carboxylic acids is 1. The Morgan fingerprint density at radius 2 is 0.984 bits per heavy atom. The zero-order valence-corrected chi connectivity index (χ0v) is 37.1. The molecule has 0 unspecified atom stereocenters. The lowest BCUT2D eigenvalue weighted by atomic mass is 10.0. The Kier molecular flexibility index (Phi) is 28.9. The number of aliphatic hydroxyl groups is 1. The molecule has 0 spiro atoms. The highest BCUT2D eigenvalue weighted by Crippen LogP contribution is 2.09. The second kappa shape index (κ2) is 31.5. The van der Waals surface area contributed by atoms with Gasteiger partial charge in [-0.25, -0.2) is 4.79 Å². The SMILES string of the molecule is CC(C)C[C@H](N)C(=O)N[C@@H](C)C(=O)N[C@@H](CC(N)=O)C(=O)N[C@@H](CO)C(=O)N[C@@H](CCCCN)C(=O)N[C@@H](CCCCN)C(=O)N[C@@H](CCCN=C(N)N)C(=O)N[C@@H](CS)C(=O)O. The number of nitrogens with one attached hydrogen (secondary N) is 7. The molecule has 8 atom stereocenters. The van der Waals surface area contributed by atoms with E-state index in [1.54, 1.807) is 0 Å². The number of unbranched alkanes of at least 4 members (excludes halogenated alkanes) is 2. The van der Waals surface area contributed by atoms with Crippen molar-refractivity contribution >= 4 is 71.8 Å². The summed E-state index contributed by atoms with van der Waals surface area (Å²) in [4.78, 5) is 120. The van der Waals surface area contributed by atoms with Crippen LogP contribution in [0, 0.1) is 5.92 Å². The Morgan fingerprint density at radius 3 is 1.38 bits per heavy atom. The molecule has 0 rings (SSSR count). The van der Waals surface area contributed by atoms with Gasteiger partial charge in [-0.2, -0.15) is 12.6 Å². The van der Waals surface area contributed by atoms with Crippen LogP contribution in [0.5, 0.6) is 0 Å². The van der Waals surface area contributed by atoms with Crippen molar-refractivity contribution in [3.63, 3.8) is 0 Å². The fourth-order valence-corrected chi connectivity index (χ4v) is 5.99. The van der Waals surface area contributed by atoms with Gasteiger partial charge in [0.05, 0.1) is 19.1 Å². The van der Waals surface area contributed by atoms with Crippen molar-refractivity contribution in [3.05, 3.63) is 0 Å². The number of aliphatic hydroxyl groups excluding tert-OH is 1. The lowest BCUT2D eigenvalue weighted by Gasteiger charge is -2.27. The molecule has 25 nitrogen and oxygen atoms in total. The van der Waals surface area contributed by atoms with Crippen LogP contribution in [-0.2, 0) is 43.2 Å². The molecule has 0 heterocycles. The van der Waals surface area contributed by atoms with E-state index >= 15 is 0 Å². The number of amides is 8. The average Bonchev–Trinajstić information content (AvgIpc) is 3.20. The largest absolute Gasteiger partial charge is 0.480 e. The van der Waals surface area contributed by atoms with Gasteiger partial charge in [0, 0.05) is 12.3 Å². The Morgan fingerprint density at radius 1 is 0.571 bits per heavy atom. The number of carbonyl (C=O) groups is 9. The van der Waals surface area contributed by atoms with Gasteiger partial charge in [0.25, 0.3) is 0 Å². The highest BCUT2D eigenvalue weighted by atomic mass is 32.1. The first kappa shape index (κ1) is 57.7. The third-order valence-electron chi connectivity index (χ3n) is 9.20. The number of aliphatic imine (C=N–C) groups is 1. The summed E-state index contributed by atoms with van der Waals surface area (Å²) >= 11 is 3.96. The molecular formula is C37H70N14O11S. The number of primary amides is 1.